The minimum absolute atomic E-state index is 0.0879. The summed E-state index contributed by atoms with van der Waals surface area (Å²) in [7, 11) is -2.25. The van der Waals surface area contributed by atoms with E-state index in [1.807, 2.05) is 0 Å². The summed E-state index contributed by atoms with van der Waals surface area (Å²) >= 11 is 0. The molecule has 1 N–H and O–H groups in total. The molecule has 166 valence electrons. The number of nitrogens with zero attached hydrogens (tertiary/aromatic N) is 2. The lowest BCUT2D eigenvalue weighted by molar-refractivity contribution is -0.118. The van der Waals surface area contributed by atoms with Gasteiger partial charge in [0.15, 0.2) is 0 Å². The Morgan fingerprint density at radius 3 is 2.48 bits per heavy atom. The van der Waals surface area contributed by atoms with Crippen LogP contribution in [0.3, 0.4) is 0 Å². The monoisotopic (exact) mass is 445 g/mol. The van der Waals surface area contributed by atoms with E-state index < -0.39 is 22.0 Å². The highest BCUT2D eigenvalue weighted by Crippen LogP contribution is 2.27. The van der Waals surface area contributed by atoms with Crippen LogP contribution in [0.2, 0.25) is 0 Å². The van der Waals surface area contributed by atoms with Gasteiger partial charge in [-0.25, -0.2) is 8.42 Å². The third-order valence-electron chi connectivity index (χ3n) is 5.16. The number of rotatable bonds is 8. The second kappa shape index (κ2) is 9.38. The van der Waals surface area contributed by atoms with Crippen LogP contribution in [-0.4, -0.2) is 46.2 Å². The second-order valence-corrected chi connectivity index (χ2v) is 9.23. The predicted molar refractivity (Wildman–Crippen MR) is 121 cm³/mol. The number of carbonyl (C=O) groups is 2. The van der Waals surface area contributed by atoms with Gasteiger partial charge in [-0.15, -0.1) is 0 Å². The smallest absolute Gasteiger partial charge is 0.248 e. The van der Waals surface area contributed by atoms with Gasteiger partial charge in [0.2, 0.25) is 21.8 Å². The van der Waals surface area contributed by atoms with E-state index in [0.29, 0.717) is 30.1 Å². The molecule has 1 unspecified atom stereocenters. The zero-order valence-electron chi connectivity index (χ0n) is 17.9. The largest absolute Gasteiger partial charge is 0.497 e. The van der Waals surface area contributed by atoms with Crippen molar-refractivity contribution < 1.29 is 22.7 Å². The average molecular weight is 446 g/mol. The fraction of sp³-hybridized carbons (Fsp3) is 0.364. The number of carbonyl (C=O) groups excluding carboxylic acids is 2. The third-order valence-corrected chi connectivity index (χ3v) is 6.34. The van der Waals surface area contributed by atoms with Gasteiger partial charge < -0.3 is 15.0 Å². The van der Waals surface area contributed by atoms with Crippen molar-refractivity contribution in [3.8, 4) is 5.75 Å². The molecule has 3 rings (SSSR count). The van der Waals surface area contributed by atoms with Crippen molar-refractivity contribution >= 4 is 38.9 Å². The molecule has 0 aromatic heterocycles. The Hall–Kier alpha value is -3.07. The molecule has 2 aromatic carbocycles. The minimum Gasteiger partial charge on any atom is -0.497 e. The van der Waals surface area contributed by atoms with E-state index in [2.05, 4.69) is 5.32 Å². The molecule has 1 heterocycles. The maximum absolute atomic E-state index is 13.0. The van der Waals surface area contributed by atoms with Crippen molar-refractivity contribution in [2.24, 2.45) is 0 Å². The van der Waals surface area contributed by atoms with E-state index >= 15 is 0 Å². The first-order chi connectivity index (χ1) is 14.7. The first-order valence-corrected chi connectivity index (χ1v) is 11.9. The Balaban J connectivity index is 1.82. The third kappa shape index (κ3) is 5.16. The molecule has 1 saturated heterocycles. The van der Waals surface area contributed by atoms with Crippen LogP contribution in [0, 0.1) is 0 Å². The molecule has 0 bridgehead atoms. The molecule has 9 heteroatoms. The van der Waals surface area contributed by atoms with Crippen LogP contribution >= 0.6 is 0 Å². The van der Waals surface area contributed by atoms with Crippen molar-refractivity contribution in [1.29, 1.82) is 0 Å². The molecule has 2 amide bonds. The molecule has 1 aliphatic rings. The van der Waals surface area contributed by atoms with E-state index in [1.165, 1.54) is 7.11 Å². The van der Waals surface area contributed by atoms with Crippen molar-refractivity contribution in [3.63, 3.8) is 0 Å². The number of nitrogens with one attached hydrogen (secondary N) is 1. The first kappa shape index (κ1) is 22.6. The topological polar surface area (TPSA) is 96.0 Å². The molecule has 1 fully saturated rings. The molecular formula is C22H27N3O5S. The van der Waals surface area contributed by atoms with Crippen molar-refractivity contribution in [2.45, 2.75) is 32.2 Å². The lowest BCUT2D eigenvalue weighted by atomic mass is 10.1. The molecule has 0 saturated carbocycles. The molecule has 1 aliphatic heterocycles. The summed E-state index contributed by atoms with van der Waals surface area (Å²) in [6, 6.07) is 12.6. The summed E-state index contributed by atoms with van der Waals surface area (Å²) in [6.45, 7) is 2.44. The number of amides is 2. The molecule has 31 heavy (non-hydrogen) atoms. The Morgan fingerprint density at radius 2 is 1.94 bits per heavy atom. The molecule has 0 aliphatic carbocycles. The van der Waals surface area contributed by atoms with E-state index in [1.54, 1.807) is 60.4 Å². The highest BCUT2D eigenvalue weighted by atomic mass is 32.2. The maximum Gasteiger partial charge on any atom is 0.248 e. The molecule has 2 aromatic rings. The number of sulfonamides is 1. The average Bonchev–Trinajstić information content (AvgIpc) is 3.17. The van der Waals surface area contributed by atoms with E-state index in [4.69, 9.17) is 4.74 Å². The van der Waals surface area contributed by atoms with Gasteiger partial charge in [-0.1, -0.05) is 13.0 Å². The molecule has 8 nitrogen and oxygen atoms in total. The Bertz CT molecular complexity index is 1050. The van der Waals surface area contributed by atoms with Gasteiger partial charge in [-0.05, 0) is 49.2 Å². The van der Waals surface area contributed by atoms with Crippen LogP contribution in [0.15, 0.2) is 48.5 Å². The van der Waals surface area contributed by atoms with Gasteiger partial charge >= 0.3 is 0 Å². The minimum atomic E-state index is -3.74. The number of ether oxygens (including phenoxy) is 1. The van der Waals surface area contributed by atoms with Crippen LogP contribution in [0.4, 0.5) is 17.1 Å². The molecule has 1 atom stereocenters. The van der Waals surface area contributed by atoms with Gasteiger partial charge in [0, 0.05) is 30.4 Å². The summed E-state index contributed by atoms with van der Waals surface area (Å²) < 4.78 is 31.5. The van der Waals surface area contributed by atoms with Gasteiger partial charge in [0.25, 0.3) is 0 Å². The fourth-order valence-electron chi connectivity index (χ4n) is 3.68. The summed E-state index contributed by atoms with van der Waals surface area (Å²) in [5.41, 5.74) is 1.66. The van der Waals surface area contributed by atoms with Crippen molar-refractivity contribution in [1.82, 2.24) is 0 Å². The van der Waals surface area contributed by atoms with Crippen LogP contribution < -0.4 is 19.3 Å². The number of hydrogen-bond acceptors (Lipinski definition) is 5. The highest BCUT2D eigenvalue weighted by molar-refractivity contribution is 7.92. The fourth-order valence-corrected chi connectivity index (χ4v) is 4.88. The lowest BCUT2D eigenvalue weighted by Crippen LogP contribution is -2.47. The van der Waals surface area contributed by atoms with Gasteiger partial charge in [-0.2, -0.15) is 0 Å². The quantitative estimate of drug-likeness (QED) is 0.674. The molecular weight excluding hydrogens is 418 g/mol. The zero-order valence-corrected chi connectivity index (χ0v) is 18.7. The molecule has 0 spiro atoms. The van der Waals surface area contributed by atoms with Gasteiger partial charge in [0.05, 0.1) is 19.1 Å². The first-order valence-electron chi connectivity index (χ1n) is 10.1. The number of anilines is 3. The standard InChI is InChI=1S/C22H27N3O5S/c1-4-20(25(31(3,28)29)18-7-5-8-19(15-18)30-2)22(27)23-16-10-12-17(13-11-16)24-14-6-9-21(24)26/h5,7-8,10-13,15,20H,4,6,9,14H2,1-3H3,(H,23,27). The van der Waals surface area contributed by atoms with Crippen LogP contribution in [0.5, 0.6) is 5.75 Å². The van der Waals surface area contributed by atoms with Crippen molar-refractivity contribution in [3.05, 3.63) is 48.5 Å². The van der Waals surface area contributed by atoms with E-state index in [0.717, 1.165) is 22.7 Å². The predicted octanol–water partition coefficient (Wildman–Crippen LogP) is 3.01. The maximum atomic E-state index is 13.0. The van der Waals surface area contributed by atoms with E-state index in [9.17, 15) is 18.0 Å². The van der Waals surface area contributed by atoms with E-state index in [-0.39, 0.29) is 12.3 Å². The normalized spacial score (nSPS) is 14.9. The molecule has 0 radical (unpaired) electrons. The summed E-state index contributed by atoms with van der Waals surface area (Å²) in [4.78, 5) is 26.7. The Labute approximate surface area is 182 Å². The zero-order chi connectivity index (χ0) is 22.6. The van der Waals surface area contributed by atoms with Crippen LogP contribution in [0.1, 0.15) is 26.2 Å². The Morgan fingerprint density at radius 1 is 1.23 bits per heavy atom. The number of methoxy groups -OCH3 is 1. The lowest BCUT2D eigenvalue weighted by Gasteiger charge is -2.30. The van der Waals surface area contributed by atoms with Crippen LogP contribution in [0.25, 0.3) is 0 Å². The van der Waals surface area contributed by atoms with Crippen molar-refractivity contribution in [2.75, 3.05) is 34.4 Å². The van der Waals surface area contributed by atoms with Crippen LogP contribution in [-0.2, 0) is 19.6 Å². The second-order valence-electron chi connectivity index (χ2n) is 7.37. The van der Waals surface area contributed by atoms with Gasteiger partial charge in [0.1, 0.15) is 11.8 Å². The summed E-state index contributed by atoms with van der Waals surface area (Å²) in [5.74, 6) is 0.138. The summed E-state index contributed by atoms with van der Waals surface area (Å²) in [5, 5.41) is 2.79. The number of benzene rings is 2. The van der Waals surface area contributed by atoms with Gasteiger partial charge in [-0.3, -0.25) is 13.9 Å². The highest BCUT2D eigenvalue weighted by Gasteiger charge is 2.32. The SMILES string of the molecule is CCC(C(=O)Nc1ccc(N2CCCC2=O)cc1)N(c1cccc(OC)c1)S(C)(=O)=O. The summed E-state index contributed by atoms with van der Waals surface area (Å²) in [6.07, 6.45) is 2.73. The Kier molecular flexibility index (Phi) is 6.84. The number of hydrogen-bond donors (Lipinski definition) is 1.